The molecule has 0 saturated heterocycles. The lowest BCUT2D eigenvalue weighted by atomic mass is 9.56. The van der Waals surface area contributed by atoms with E-state index in [1.807, 2.05) is 42.5 Å². The molecule has 46 heavy (non-hydrogen) atoms. The number of amides is 2. The van der Waals surface area contributed by atoms with Crippen LogP contribution >= 0.6 is 0 Å². The molecule has 3 aromatic heterocycles. The fraction of sp³-hybridized carbons (Fsp3) is 0.237. The first-order chi connectivity index (χ1) is 22.1. The molecule has 1 fully saturated rings. The minimum atomic E-state index is -0.763. The van der Waals surface area contributed by atoms with Crippen LogP contribution in [0.15, 0.2) is 91.1 Å². The Balaban J connectivity index is 1.28. The van der Waals surface area contributed by atoms with Gasteiger partial charge >= 0.3 is 0 Å². The molecule has 8 rings (SSSR count). The van der Waals surface area contributed by atoms with Gasteiger partial charge in [-0.15, -0.1) is 0 Å². The molecule has 1 aliphatic carbocycles. The Morgan fingerprint density at radius 3 is 2.04 bits per heavy atom. The van der Waals surface area contributed by atoms with Crippen molar-refractivity contribution in [2.45, 2.75) is 52.0 Å². The number of fused-ring (bicyclic) bond motifs is 4. The van der Waals surface area contributed by atoms with E-state index in [0.29, 0.717) is 52.1 Å². The fourth-order valence-electron chi connectivity index (χ4n) is 7.48. The van der Waals surface area contributed by atoms with Crippen molar-refractivity contribution >= 4 is 28.5 Å². The second kappa shape index (κ2) is 9.88. The number of carbonyl (C=O) groups is 2. The van der Waals surface area contributed by atoms with Gasteiger partial charge in [-0.3, -0.25) is 14.5 Å². The van der Waals surface area contributed by atoms with Crippen LogP contribution in [-0.4, -0.2) is 36.3 Å². The first kappa shape index (κ1) is 28.2. The molecule has 0 atom stereocenters. The van der Waals surface area contributed by atoms with E-state index >= 15 is 4.39 Å². The molecule has 2 aliphatic rings. The molecular formula is C38H32FN5O2. The molecule has 0 bridgehead atoms. The molecular weight excluding hydrogens is 577 g/mol. The summed E-state index contributed by atoms with van der Waals surface area (Å²) in [5.41, 5.74) is 5.65. The van der Waals surface area contributed by atoms with Crippen molar-refractivity contribution in [3.05, 3.63) is 119 Å². The van der Waals surface area contributed by atoms with Gasteiger partial charge in [-0.1, -0.05) is 82.3 Å². The number of imide groups is 1. The normalized spacial score (nSPS) is 16.8. The summed E-state index contributed by atoms with van der Waals surface area (Å²) < 4.78 is 17.0. The molecule has 4 heterocycles. The molecule has 0 radical (unpaired) electrons. The fourth-order valence-corrected chi connectivity index (χ4v) is 7.48. The van der Waals surface area contributed by atoms with Crippen molar-refractivity contribution < 1.29 is 14.0 Å². The van der Waals surface area contributed by atoms with Crippen LogP contribution in [0.2, 0.25) is 0 Å². The summed E-state index contributed by atoms with van der Waals surface area (Å²) in [6.45, 7) is 8.48. The van der Waals surface area contributed by atoms with Crippen LogP contribution in [0.25, 0.3) is 39.1 Å². The van der Waals surface area contributed by atoms with Gasteiger partial charge in [0, 0.05) is 34.3 Å². The highest BCUT2D eigenvalue weighted by molar-refractivity contribution is 6.22. The Hall–Kier alpha value is -5.24. The van der Waals surface area contributed by atoms with Gasteiger partial charge in [0.25, 0.3) is 11.8 Å². The van der Waals surface area contributed by atoms with Crippen LogP contribution in [0.5, 0.6) is 0 Å². The third-order valence-corrected chi connectivity index (χ3v) is 9.49. The van der Waals surface area contributed by atoms with Crippen molar-refractivity contribution in [1.29, 1.82) is 0 Å². The summed E-state index contributed by atoms with van der Waals surface area (Å²) in [6, 6.07) is 25.5. The number of carbonyl (C=O) groups excluding carboxylic acids is 2. The van der Waals surface area contributed by atoms with E-state index < -0.39 is 5.54 Å². The Bertz CT molecular complexity index is 2190. The second-order valence-corrected chi connectivity index (χ2v) is 13.6. The maximum atomic E-state index is 15.3. The highest BCUT2D eigenvalue weighted by Gasteiger charge is 2.59. The molecule has 0 unspecified atom stereocenters. The zero-order chi connectivity index (χ0) is 32.0. The van der Waals surface area contributed by atoms with E-state index in [4.69, 9.17) is 10.1 Å². The average Bonchev–Trinajstić information content (AvgIpc) is 3.59. The Morgan fingerprint density at radius 1 is 0.804 bits per heavy atom. The van der Waals surface area contributed by atoms with E-state index in [1.165, 1.54) is 11.0 Å². The predicted molar refractivity (Wildman–Crippen MR) is 175 cm³/mol. The number of hydrogen-bond donors (Lipinski definition) is 0. The van der Waals surface area contributed by atoms with Crippen LogP contribution < -0.4 is 0 Å². The van der Waals surface area contributed by atoms with Crippen LogP contribution in [0.4, 0.5) is 4.39 Å². The highest BCUT2D eigenvalue weighted by atomic mass is 19.1. The second-order valence-electron chi connectivity index (χ2n) is 13.6. The number of benzene rings is 3. The Morgan fingerprint density at radius 2 is 1.43 bits per heavy atom. The highest BCUT2D eigenvalue weighted by Crippen LogP contribution is 2.58. The van der Waals surface area contributed by atoms with Crippen molar-refractivity contribution in [1.82, 2.24) is 24.5 Å². The number of nitrogens with zero attached hydrogens (tertiary/aromatic N) is 5. The summed E-state index contributed by atoms with van der Waals surface area (Å²) in [7, 11) is 0. The summed E-state index contributed by atoms with van der Waals surface area (Å²) in [5, 5.41) is 5.54. The van der Waals surface area contributed by atoms with Gasteiger partial charge in [-0.25, -0.2) is 14.4 Å². The van der Waals surface area contributed by atoms with Gasteiger partial charge in [-0.2, -0.15) is 9.61 Å². The Labute approximate surface area is 265 Å². The van der Waals surface area contributed by atoms with Gasteiger partial charge in [0.1, 0.15) is 5.82 Å². The van der Waals surface area contributed by atoms with Crippen molar-refractivity contribution in [2.24, 2.45) is 5.41 Å². The largest absolute Gasteiger partial charge is 0.269 e. The molecule has 7 nitrogen and oxygen atoms in total. The van der Waals surface area contributed by atoms with Gasteiger partial charge in [0.15, 0.2) is 11.3 Å². The smallest absolute Gasteiger partial charge is 0.262 e. The molecule has 1 saturated carbocycles. The zero-order valence-electron chi connectivity index (χ0n) is 26.1. The zero-order valence-corrected chi connectivity index (χ0v) is 26.1. The first-order valence-electron chi connectivity index (χ1n) is 15.6. The van der Waals surface area contributed by atoms with Crippen molar-refractivity contribution in [3.8, 4) is 22.4 Å². The maximum Gasteiger partial charge on any atom is 0.262 e. The molecule has 228 valence electrons. The van der Waals surface area contributed by atoms with Gasteiger partial charge in [-0.05, 0) is 54.0 Å². The van der Waals surface area contributed by atoms with Gasteiger partial charge < -0.3 is 0 Å². The first-order valence-corrected chi connectivity index (χ1v) is 15.6. The molecule has 0 spiro atoms. The van der Waals surface area contributed by atoms with Crippen LogP contribution in [0, 0.1) is 11.2 Å². The summed E-state index contributed by atoms with van der Waals surface area (Å²) >= 11 is 0. The summed E-state index contributed by atoms with van der Waals surface area (Å²) in [4.78, 5) is 38.6. The summed E-state index contributed by atoms with van der Waals surface area (Å²) in [5.74, 6) is -0.642. The quantitative estimate of drug-likeness (QED) is 0.184. The van der Waals surface area contributed by atoms with Crippen LogP contribution in [0.3, 0.4) is 0 Å². The average molecular weight is 610 g/mol. The van der Waals surface area contributed by atoms with Gasteiger partial charge in [0.05, 0.1) is 28.1 Å². The monoisotopic (exact) mass is 609 g/mol. The molecule has 0 N–H and O–H groups in total. The molecule has 2 amide bonds. The molecule has 6 aromatic rings. The van der Waals surface area contributed by atoms with E-state index in [1.54, 1.807) is 47.1 Å². The van der Waals surface area contributed by atoms with Crippen molar-refractivity contribution in [2.75, 3.05) is 0 Å². The number of halogens is 1. The van der Waals surface area contributed by atoms with E-state index in [0.717, 1.165) is 22.2 Å². The number of aromatic nitrogens is 4. The number of pyridine rings is 1. The SMILES string of the molecule is CC(C)c1cc2ncc3cc(-c4ccccc4F)c(-c4ccc(C5(N6C(=O)c7ccccc7C6=O)CC(C)(C)C5)cc4)nc3n2n1. The lowest BCUT2D eigenvalue weighted by molar-refractivity contribution is -0.0414. The van der Waals surface area contributed by atoms with E-state index in [9.17, 15) is 9.59 Å². The number of hydrogen-bond acceptors (Lipinski definition) is 5. The standard InChI is InChI=1S/C38H32FN5O2/c1-22(2)31-18-32-40-19-24-17-29(26-9-7-8-12-30(26)39)33(41-34(24)44(32)42-31)23-13-15-25(16-14-23)38(20-37(3,4)21-38)43-35(45)27-10-5-6-11-28(27)36(43)46/h5-19,22H,20-21H2,1-4H3. The van der Waals surface area contributed by atoms with E-state index in [-0.39, 0.29) is 29.0 Å². The third-order valence-electron chi connectivity index (χ3n) is 9.49. The molecule has 8 heteroatoms. The van der Waals surface area contributed by atoms with Crippen LogP contribution in [-0.2, 0) is 5.54 Å². The minimum Gasteiger partial charge on any atom is -0.269 e. The van der Waals surface area contributed by atoms with E-state index in [2.05, 4.69) is 32.7 Å². The van der Waals surface area contributed by atoms with Gasteiger partial charge in [0.2, 0.25) is 0 Å². The topological polar surface area (TPSA) is 80.5 Å². The minimum absolute atomic E-state index is 0.0378. The molecule has 1 aliphatic heterocycles. The maximum absolute atomic E-state index is 15.3. The van der Waals surface area contributed by atoms with Crippen molar-refractivity contribution in [3.63, 3.8) is 0 Å². The third kappa shape index (κ3) is 4.12. The lowest BCUT2D eigenvalue weighted by Crippen LogP contribution is -2.59. The van der Waals surface area contributed by atoms with Crippen LogP contribution in [0.1, 0.15) is 78.4 Å². The lowest BCUT2D eigenvalue weighted by Gasteiger charge is -2.57. The number of rotatable bonds is 5. The molecule has 3 aromatic carbocycles. The predicted octanol–water partition coefficient (Wildman–Crippen LogP) is 8.19. The summed E-state index contributed by atoms with van der Waals surface area (Å²) in [6.07, 6.45) is 3.06. The Kier molecular flexibility index (Phi) is 6.07.